The summed E-state index contributed by atoms with van der Waals surface area (Å²) in [5.41, 5.74) is -0.767. The van der Waals surface area contributed by atoms with Gasteiger partial charge >= 0.3 is 5.97 Å². The number of carbonyl (C=O) groups is 1. The van der Waals surface area contributed by atoms with Gasteiger partial charge in [-0.15, -0.1) is 0 Å². The summed E-state index contributed by atoms with van der Waals surface area (Å²) in [7, 11) is 0. The van der Waals surface area contributed by atoms with Gasteiger partial charge in [-0.2, -0.15) is 0 Å². The van der Waals surface area contributed by atoms with Crippen LogP contribution in [0.4, 0.5) is 0 Å². The quantitative estimate of drug-likeness (QED) is 0.769. The Morgan fingerprint density at radius 2 is 2.05 bits per heavy atom. The minimum atomic E-state index is -1.22. The van der Waals surface area contributed by atoms with E-state index in [4.69, 9.17) is 9.84 Å². The van der Waals surface area contributed by atoms with Gasteiger partial charge in [0.2, 0.25) is 0 Å². The molecule has 0 amide bonds. The molecule has 0 bridgehead atoms. The fourth-order valence-corrected chi connectivity index (χ4v) is 1.66. The first-order valence-corrected chi connectivity index (χ1v) is 5.88. The molecule has 2 N–H and O–H groups in total. The molecule has 6 nitrogen and oxygen atoms in total. The third kappa shape index (κ3) is 3.25. The van der Waals surface area contributed by atoms with E-state index in [-0.39, 0.29) is 5.56 Å². The highest BCUT2D eigenvalue weighted by Gasteiger charge is 2.12. The van der Waals surface area contributed by atoms with Crippen LogP contribution in [0, 0.1) is 0 Å². The zero-order valence-corrected chi connectivity index (χ0v) is 10.2. The van der Waals surface area contributed by atoms with Crippen molar-refractivity contribution in [2.75, 3.05) is 6.61 Å². The minimum Gasteiger partial charge on any atom is -0.494 e. The van der Waals surface area contributed by atoms with Crippen molar-refractivity contribution in [3.8, 4) is 5.75 Å². The van der Waals surface area contributed by atoms with Gasteiger partial charge in [-0.05, 0) is 12.1 Å². The first kappa shape index (κ1) is 12.9. The zero-order valence-electron chi connectivity index (χ0n) is 10.2. The van der Waals surface area contributed by atoms with Gasteiger partial charge < -0.3 is 14.9 Å². The number of nitrogens with one attached hydrogen (secondary N) is 1. The zero-order chi connectivity index (χ0) is 13.7. The molecule has 2 aromatic rings. The second kappa shape index (κ2) is 5.90. The van der Waals surface area contributed by atoms with Crippen LogP contribution in [0.2, 0.25) is 0 Å². The molecule has 0 saturated heterocycles. The molecule has 1 heterocycles. The van der Waals surface area contributed by atoms with E-state index < -0.39 is 11.5 Å². The smallest absolute Gasteiger partial charge is 0.342 e. The molecule has 0 aliphatic heterocycles. The predicted octanol–water partition coefficient (Wildman–Crippen LogP) is 1.34. The largest absolute Gasteiger partial charge is 0.494 e. The number of ether oxygens (including phenoxy) is 1. The molecular formula is C13H14N2O4. The van der Waals surface area contributed by atoms with E-state index in [1.165, 1.54) is 10.9 Å². The van der Waals surface area contributed by atoms with E-state index in [1.807, 2.05) is 30.3 Å². The third-order valence-electron chi connectivity index (χ3n) is 2.61. The van der Waals surface area contributed by atoms with Gasteiger partial charge in [0, 0.05) is 19.2 Å². The molecule has 6 heteroatoms. The molecule has 0 atom stereocenters. The molecule has 0 unspecified atom stereocenters. The second-order valence-corrected chi connectivity index (χ2v) is 3.96. The van der Waals surface area contributed by atoms with Crippen molar-refractivity contribution in [1.82, 2.24) is 9.78 Å². The summed E-state index contributed by atoms with van der Waals surface area (Å²) in [5.74, 6) is -0.451. The lowest BCUT2D eigenvalue weighted by atomic mass is 10.3. The standard InChI is InChI=1S/C13H14N2O4/c16-12-11(13(17)18)9-14-15(12)7-4-8-19-10-5-2-1-3-6-10/h1-3,5-6,9,14H,4,7-8H2,(H,17,18). The number of carboxylic acid groups (broad SMARTS) is 1. The highest BCUT2D eigenvalue weighted by molar-refractivity contribution is 5.86. The van der Waals surface area contributed by atoms with Gasteiger partial charge in [-0.25, -0.2) is 4.79 Å². The van der Waals surface area contributed by atoms with Gasteiger partial charge in [-0.3, -0.25) is 9.48 Å². The van der Waals surface area contributed by atoms with Crippen LogP contribution in [0.5, 0.6) is 5.75 Å². The average molecular weight is 262 g/mol. The van der Waals surface area contributed by atoms with E-state index in [2.05, 4.69) is 5.10 Å². The monoisotopic (exact) mass is 262 g/mol. The summed E-state index contributed by atoms with van der Waals surface area (Å²) < 4.78 is 6.74. The van der Waals surface area contributed by atoms with Crippen LogP contribution in [-0.2, 0) is 6.54 Å². The number of aryl methyl sites for hydroxylation is 1. The summed E-state index contributed by atoms with van der Waals surface area (Å²) in [6.45, 7) is 0.844. The number of hydrogen-bond donors (Lipinski definition) is 2. The molecule has 0 spiro atoms. The molecule has 0 fully saturated rings. The molecule has 0 aliphatic rings. The molecule has 100 valence electrons. The fraction of sp³-hybridized carbons (Fsp3) is 0.231. The van der Waals surface area contributed by atoms with E-state index in [1.54, 1.807) is 0 Å². The van der Waals surface area contributed by atoms with Crippen LogP contribution in [-0.4, -0.2) is 27.5 Å². The van der Waals surface area contributed by atoms with Crippen LogP contribution >= 0.6 is 0 Å². The van der Waals surface area contributed by atoms with Crippen molar-refractivity contribution >= 4 is 5.97 Å². The Kier molecular flexibility index (Phi) is 4.02. The van der Waals surface area contributed by atoms with Crippen molar-refractivity contribution in [3.63, 3.8) is 0 Å². The maximum Gasteiger partial charge on any atom is 0.342 e. The van der Waals surface area contributed by atoms with Crippen LogP contribution in [0.15, 0.2) is 41.3 Å². The van der Waals surface area contributed by atoms with E-state index >= 15 is 0 Å². The molecule has 0 saturated carbocycles. The first-order chi connectivity index (χ1) is 9.18. The van der Waals surface area contributed by atoms with E-state index in [0.717, 1.165) is 5.75 Å². The SMILES string of the molecule is O=C(O)c1c[nH]n(CCCOc2ccccc2)c1=O. The van der Waals surface area contributed by atoms with Gasteiger partial charge in [0.25, 0.3) is 5.56 Å². The Balaban J connectivity index is 1.83. The van der Waals surface area contributed by atoms with Crippen molar-refractivity contribution < 1.29 is 14.6 Å². The minimum absolute atomic E-state index is 0.246. The summed E-state index contributed by atoms with van der Waals surface area (Å²) in [5, 5.41) is 11.4. The summed E-state index contributed by atoms with van der Waals surface area (Å²) in [6.07, 6.45) is 1.80. The van der Waals surface area contributed by atoms with Crippen LogP contribution in [0.1, 0.15) is 16.8 Å². The van der Waals surface area contributed by atoms with Gasteiger partial charge in [-0.1, -0.05) is 18.2 Å². The predicted molar refractivity (Wildman–Crippen MR) is 68.6 cm³/mol. The van der Waals surface area contributed by atoms with E-state index in [9.17, 15) is 9.59 Å². The highest BCUT2D eigenvalue weighted by atomic mass is 16.5. The van der Waals surface area contributed by atoms with Crippen molar-refractivity contribution in [3.05, 3.63) is 52.4 Å². The number of aromatic nitrogens is 2. The lowest BCUT2D eigenvalue weighted by Crippen LogP contribution is -2.22. The fourth-order valence-electron chi connectivity index (χ4n) is 1.66. The molecular weight excluding hydrogens is 248 g/mol. The van der Waals surface area contributed by atoms with Crippen LogP contribution in [0.3, 0.4) is 0 Å². The number of carboxylic acids is 1. The van der Waals surface area contributed by atoms with Crippen LogP contribution in [0.25, 0.3) is 0 Å². The summed E-state index contributed by atoms with van der Waals surface area (Å²) in [6, 6.07) is 9.36. The first-order valence-electron chi connectivity index (χ1n) is 5.88. The molecule has 0 radical (unpaired) electrons. The number of hydrogen-bond acceptors (Lipinski definition) is 3. The number of aromatic amines is 1. The number of H-pyrrole nitrogens is 1. The Morgan fingerprint density at radius 1 is 1.32 bits per heavy atom. The third-order valence-corrected chi connectivity index (χ3v) is 2.61. The van der Waals surface area contributed by atoms with Crippen LogP contribution < -0.4 is 10.3 Å². The van der Waals surface area contributed by atoms with Crippen molar-refractivity contribution in [2.45, 2.75) is 13.0 Å². The Hall–Kier alpha value is -2.50. The maximum atomic E-state index is 11.6. The van der Waals surface area contributed by atoms with Crippen molar-refractivity contribution in [1.29, 1.82) is 0 Å². The molecule has 0 aliphatic carbocycles. The molecule has 2 rings (SSSR count). The molecule has 1 aromatic heterocycles. The number of aromatic carboxylic acids is 1. The average Bonchev–Trinajstić information content (AvgIpc) is 2.77. The lowest BCUT2D eigenvalue weighted by molar-refractivity contribution is 0.0695. The molecule has 1 aromatic carbocycles. The Morgan fingerprint density at radius 3 is 2.68 bits per heavy atom. The normalized spacial score (nSPS) is 10.3. The number of nitrogens with zero attached hydrogens (tertiary/aromatic N) is 1. The number of rotatable bonds is 6. The lowest BCUT2D eigenvalue weighted by Gasteiger charge is -2.05. The van der Waals surface area contributed by atoms with Gasteiger partial charge in [0.15, 0.2) is 0 Å². The van der Waals surface area contributed by atoms with Gasteiger partial charge in [0.1, 0.15) is 11.3 Å². The maximum absolute atomic E-state index is 11.6. The van der Waals surface area contributed by atoms with Crippen molar-refractivity contribution in [2.24, 2.45) is 0 Å². The Bertz CT molecular complexity index is 601. The summed E-state index contributed by atoms with van der Waals surface area (Å²) >= 11 is 0. The van der Waals surface area contributed by atoms with Gasteiger partial charge in [0.05, 0.1) is 6.61 Å². The molecule has 19 heavy (non-hydrogen) atoms. The van der Waals surface area contributed by atoms with E-state index in [0.29, 0.717) is 19.6 Å². The Labute approximate surface area is 109 Å². The topological polar surface area (TPSA) is 84.3 Å². The second-order valence-electron chi connectivity index (χ2n) is 3.96. The summed E-state index contributed by atoms with van der Waals surface area (Å²) in [4.78, 5) is 22.3. The number of benzene rings is 1. The highest BCUT2D eigenvalue weighted by Crippen LogP contribution is 2.08. The number of para-hydroxylation sites is 1.